The zero-order chi connectivity index (χ0) is 19.1. The normalized spacial score (nSPS) is 10.7. The quantitative estimate of drug-likeness (QED) is 0.714. The molecule has 0 heterocycles. The number of nitrogens with zero attached hydrogens (tertiary/aromatic N) is 2. The summed E-state index contributed by atoms with van der Waals surface area (Å²) in [4.78, 5) is 28.0. The summed E-state index contributed by atoms with van der Waals surface area (Å²) in [5.74, 6) is -1.01. The van der Waals surface area contributed by atoms with E-state index in [1.165, 1.54) is 13.2 Å². The van der Waals surface area contributed by atoms with Crippen LogP contribution in [0.5, 0.6) is 0 Å². The molecule has 0 atom stereocenters. The number of likely N-dealkylation sites (N-methyl/N-ethyl adjacent to an activating group) is 1. The van der Waals surface area contributed by atoms with Crippen molar-refractivity contribution in [1.29, 1.82) is 0 Å². The zero-order valence-electron chi connectivity index (χ0n) is 15.2. The van der Waals surface area contributed by atoms with Crippen LogP contribution in [0.25, 0.3) is 0 Å². The van der Waals surface area contributed by atoms with Crippen molar-refractivity contribution in [2.75, 3.05) is 34.3 Å². The molecule has 26 heavy (non-hydrogen) atoms. The van der Waals surface area contributed by atoms with Gasteiger partial charge in [-0.05, 0) is 44.4 Å². The number of benzene rings is 2. The van der Waals surface area contributed by atoms with Gasteiger partial charge in [-0.1, -0.05) is 18.2 Å². The molecule has 2 rings (SSSR count). The number of ether oxygens (including phenoxy) is 1. The van der Waals surface area contributed by atoms with Crippen LogP contribution in [0.2, 0.25) is 0 Å². The Hall–Kier alpha value is -2.73. The van der Waals surface area contributed by atoms with Crippen LogP contribution in [0.4, 0.5) is 4.39 Å². The molecule has 0 bridgehead atoms. The first kappa shape index (κ1) is 19.6. The molecule has 6 heteroatoms. The van der Waals surface area contributed by atoms with Crippen LogP contribution in [0, 0.1) is 5.82 Å². The molecule has 138 valence electrons. The summed E-state index contributed by atoms with van der Waals surface area (Å²) in [6, 6.07) is 12.7. The van der Waals surface area contributed by atoms with Gasteiger partial charge in [0, 0.05) is 30.8 Å². The van der Waals surface area contributed by atoms with Crippen molar-refractivity contribution >= 4 is 11.9 Å². The van der Waals surface area contributed by atoms with E-state index in [2.05, 4.69) is 4.74 Å². The molecular formula is C20H23FN2O3. The molecule has 2 aromatic rings. The van der Waals surface area contributed by atoms with E-state index in [1.54, 1.807) is 47.4 Å². The molecule has 1 amide bonds. The largest absolute Gasteiger partial charge is 0.465 e. The number of halogens is 1. The highest BCUT2D eigenvalue weighted by atomic mass is 19.1. The summed E-state index contributed by atoms with van der Waals surface area (Å²) >= 11 is 0. The average molecular weight is 358 g/mol. The van der Waals surface area contributed by atoms with Crippen molar-refractivity contribution in [3.05, 3.63) is 71.0 Å². The third kappa shape index (κ3) is 5.13. The van der Waals surface area contributed by atoms with E-state index >= 15 is 0 Å². The van der Waals surface area contributed by atoms with Crippen molar-refractivity contribution < 1.29 is 18.7 Å². The molecule has 0 saturated heterocycles. The Balaban J connectivity index is 2.21. The minimum Gasteiger partial charge on any atom is -0.465 e. The van der Waals surface area contributed by atoms with Crippen molar-refractivity contribution in [3.63, 3.8) is 0 Å². The van der Waals surface area contributed by atoms with Gasteiger partial charge >= 0.3 is 5.97 Å². The van der Waals surface area contributed by atoms with Crippen LogP contribution < -0.4 is 0 Å². The van der Waals surface area contributed by atoms with Gasteiger partial charge in [-0.15, -0.1) is 0 Å². The summed E-state index contributed by atoms with van der Waals surface area (Å²) in [5, 5.41) is 0. The Labute approximate surface area is 153 Å². The van der Waals surface area contributed by atoms with E-state index in [9.17, 15) is 14.0 Å². The molecule has 0 radical (unpaired) electrons. The van der Waals surface area contributed by atoms with Crippen LogP contribution in [-0.2, 0) is 11.3 Å². The summed E-state index contributed by atoms with van der Waals surface area (Å²) < 4.78 is 18.7. The standard InChI is InChI=1S/C20H23FN2O3/c1-22(2)12-13-23(14-17-6-4-5-7-18(17)21)19(24)15-8-10-16(11-9-15)20(25)26-3/h4-11H,12-14H2,1-3H3. The fraction of sp³-hybridized carbons (Fsp3) is 0.300. The highest BCUT2D eigenvalue weighted by Gasteiger charge is 2.18. The van der Waals surface area contributed by atoms with E-state index in [0.717, 1.165) is 0 Å². The second-order valence-corrected chi connectivity index (χ2v) is 6.19. The molecule has 0 N–H and O–H groups in total. The first-order valence-electron chi connectivity index (χ1n) is 8.28. The minimum absolute atomic E-state index is 0.179. The van der Waals surface area contributed by atoms with Gasteiger partial charge in [0.05, 0.1) is 12.7 Å². The summed E-state index contributed by atoms with van der Waals surface area (Å²) in [6.07, 6.45) is 0. The lowest BCUT2D eigenvalue weighted by Gasteiger charge is -2.25. The van der Waals surface area contributed by atoms with Crippen LogP contribution >= 0.6 is 0 Å². The monoisotopic (exact) mass is 358 g/mol. The Morgan fingerprint density at radius 3 is 2.15 bits per heavy atom. The third-order valence-corrected chi connectivity index (χ3v) is 3.98. The van der Waals surface area contributed by atoms with Gasteiger partial charge in [0.25, 0.3) is 5.91 Å². The number of hydrogen-bond donors (Lipinski definition) is 0. The number of esters is 1. The topological polar surface area (TPSA) is 49.9 Å². The van der Waals surface area contributed by atoms with Gasteiger partial charge in [0.15, 0.2) is 0 Å². The second-order valence-electron chi connectivity index (χ2n) is 6.19. The van der Waals surface area contributed by atoms with Gasteiger partial charge < -0.3 is 14.5 Å². The lowest BCUT2D eigenvalue weighted by molar-refractivity contribution is 0.0599. The number of carbonyl (C=O) groups is 2. The molecule has 0 aliphatic heterocycles. The van der Waals surface area contributed by atoms with Crippen molar-refractivity contribution in [2.24, 2.45) is 0 Å². The van der Waals surface area contributed by atoms with Crippen LogP contribution in [0.3, 0.4) is 0 Å². The Bertz CT molecular complexity index is 760. The maximum absolute atomic E-state index is 14.0. The molecular weight excluding hydrogens is 335 g/mol. The SMILES string of the molecule is COC(=O)c1ccc(C(=O)N(CCN(C)C)Cc2ccccc2F)cc1. The highest BCUT2D eigenvalue weighted by molar-refractivity contribution is 5.96. The van der Waals surface area contributed by atoms with Gasteiger partial charge in [-0.25, -0.2) is 9.18 Å². The number of amides is 1. The molecule has 0 unspecified atom stereocenters. The van der Waals surface area contributed by atoms with E-state index in [-0.39, 0.29) is 18.3 Å². The molecule has 0 saturated carbocycles. The molecule has 0 aliphatic rings. The molecule has 5 nitrogen and oxygen atoms in total. The summed E-state index contributed by atoms with van der Waals surface area (Å²) in [6.45, 7) is 1.29. The fourth-order valence-corrected chi connectivity index (χ4v) is 2.45. The van der Waals surface area contributed by atoms with E-state index in [1.807, 2.05) is 19.0 Å². The Morgan fingerprint density at radius 2 is 1.58 bits per heavy atom. The highest BCUT2D eigenvalue weighted by Crippen LogP contribution is 2.14. The average Bonchev–Trinajstić information content (AvgIpc) is 2.65. The zero-order valence-corrected chi connectivity index (χ0v) is 15.2. The van der Waals surface area contributed by atoms with Crippen molar-refractivity contribution in [3.8, 4) is 0 Å². The van der Waals surface area contributed by atoms with Gasteiger partial charge in [0.2, 0.25) is 0 Å². The second kappa shape index (κ2) is 9.10. The lowest BCUT2D eigenvalue weighted by Crippen LogP contribution is -2.36. The van der Waals surface area contributed by atoms with E-state index < -0.39 is 5.97 Å². The van der Waals surface area contributed by atoms with Crippen LogP contribution in [0.15, 0.2) is 48.5 Å². The Morgan fingerprint density at radius 1 is 0.962 bits per heavy atom. The maximum Gasteiger partial charge on any atom is 0.337 e. The molecule has 2 aromatic carbocycles. The molecule has 0 aromatic heterocycles. The summed E-state index contributed by atoms with van der Waals surface area (Å²) in [7, 11) is 5.13. The fourth-order valence-electron chi connectivity index (χ4n) is 2.45. The third-order valence-electron chi connectivity index (χ3n) is 3.98. The maximum atomic E-state index is 14.0. The van der Waals surface area contributed by atoms with Crippen molar-refractivity contribution in [1.82, 2.24) is 9.80 Å². The Kier molecular flexibility index (Phi) is 6.86. The van der Waals surface area contributed by atoms with Crippen molar-refractivity contribution in [2.45, 2.75) is 6.54 Å². The first-order valence-corrected chi connectivity index (χ1v) is 8.28. The number of carbonyl (C=O) groups excluding carboxylic acids is 2. The van der Waals surface area contributed by atoms with Gasteiger partial charge in [0.1, 0.15) is 5.82 Å². The smallest absolute Gasteiger partial charge is 0.337 e. The molecule has 0 fully saturated rings. The van der Waals surface area contributed by atoms with E-state index in [4.69, 9.17) is 0 Å². The molecule has 0 spiro atoms. The predicted molar refractivity (Wildman–Crippen MR) is 97.5 cm³/mol. The lowest BCUT2D eigenvalue weighted by atomic mass is 10.1. The first-order chi connectivity index (χ1) is 12.4. The number of hydrogen-bond acceptors (Lipinski definition) is 4. The number of methoxy groups -OCH3 is 1. The summed E-state index contributed by atoms with van der Waals surface area (Å²) in [5.41, 5.74) is 1.27. The number of rotatable bonds is 7. The minimum atomic E-state index is -0.459. The van der Waals surface area contributed by atoms with Crippen LogP contribution in [0.1, 0.15) is 26.3 Å². The van der Waals surface area contributed by atoms with Gasteiger partial charge in [-0.3, -0.25) is 4.79 Å². The van der Waals surface area contributed by atoms with E-state index in [0.29, 0.717) is 29.8 Å². The van der Waals surface area contributed by atoms with Gasteiger partial charge in [-0.2, -0.15) is 0 Å². The molecule has 0 aliphatic carbocycles. The van der Waals surface area contributed by atoms with Crippen LogP contribution in [-0.4, -0.2) is 56.0 Å². The predicted octanol–water partition coefficient (Wildman–Crippen LogP) is 2.82.